The maximum absolute atomic E-state index is 13.2. The number of amides is 2. The van der Waals surface area contributed by atoms with Crippen molar-refractivity contribution in [3.8, 4) is 11.5 Å². The zero-order valence-electron chi connectivity index (χ0n) is 20.5. The lowest BCUT2D eigenvalue weighted by atomic mass is 10.1. The van der Waals surface area contributed by atoms with E-state index in [1.807, 2.05) is 25.1 Å². The molecular weight excluding hydrogens is 462 g/mol. The number of hydrogen-bond donors (Lipinski definition) is 0. The molecule has 0 unspecified atom stereocenters. The molecule has 0 saturated carbocycles. The first kappa shape index (κ1) is 24.3. The molecule has 0 bridgehead atoms. The second kappa shape index (κ2) is 10.7. The average molecular weight is 494 g/mol. The molecule has 5 rings (SSSR count). The highest BCUT2D eigenvalue weighted by Crippen LogP contribution is 2.33. The van der Waals surface area contributed by atoms with Crippen molar-refractivity contribution in [2.45, 2.75) is 38.8 Å². The van der Waals surface area contributed by atoms with Crippen molar-refractivity contribution < 1.29 is 28.6 Å². The van der Waals surface area contributed by atoms with Crippen LogP contribution >= 0.6 is 0 Å². The van der Waals surface area contributed by atoms with Crippen LogP contribution in [0.4, 0.5) is 5.69 Å². The topological polar surface area (TPSA) is 88.6 Å². The van der Waals surface area contributed by atoms with Crippen LogP contribution < -0.4 is 14.4 Å². The minimum absolute atomic E-state index is 0.168. The third-order valence-corrected chi connectivity index (χ3v) is 6.91. The summed E-state index contributed by atoms with van der Waals surface area (Å²) in [6, 6.07) is 12.0. The number of fused-ring (bicyclic) bond motifs is 1. The van der Waals surface area contributed by atoms with Gasteiger partial charge in [0.2, 0.25) is 12.7 Å². The van der Waals surface area contributed by atoms with Gasteiger partial charge in [0.05, 0.1) is 30.3 Å². The summed E-state index contributed by atoms with van der Waals surface area (Å²) in [5.41, 5.74) is 2.05. The molecule has 2 saturated heterocycles. The van der Waals surface area contributed by atoms with Gasteiger partial charge in [-0.25, -0.2) is 9.69 Å². The zero-order valence-corrected chi connectivity index (χ0v) is 20.5. The maximum atomic E-state index is 13.2. The second-order valence-electron chi connectivity index (χ2n) is 9.32. The number of hydrogen-bond acceptors (Lipinski definition) is 8. The molecule has 3 aliphatic rings. The molecule has 9 heteroatoms. The van der Waals surface area contributed by atoms with E-state index in [0.29, 0.717) is 30.9 Å². The Hall–Kier alpha value is -3.43. The van der Waals surface area contributed by atoms with Crippen LogP contribution in [0, 0.1) is 0 Å². The van der Waals surface area contributed by atoms with Crippen LogP contribution in [0.2, 0.25) is 0 Å². The summed E-state index contributed by atoms with van der Waals surface area (Å²) in [4.78, 5) is 43.8. The molecular formula is C27H31N3O6. The third kappa shape index (κ3) is 5.08. The Bertz CT molecular complexity index is 1130. The number of rotatable bonds is 8. The van der Waals surface area contributed by atoms with Crippen LogP contribution in [0.1, 0.15) is 42.1 Å². The second-order valence-corrected chi connectivity index (χ2v) is 9.32. The van der Waals surface area contributed by atoms with Crippen LogP contribution in [0.3, 0.4) is 0 Å². The largest absolute Gasteiger partial charge is 0.462 e. The van der Waals surface area contributed by atoms with E-state index < -0.39 is 12.0 Å². The average Bonchev–Trinajstić information content (AvgIpc) is 3.48. The van der Waals surface area contributed by atoms with Crippen molar-refractivity contribution in [2.24, 2.45) is 0 Å². The maximum Gasteiger partial charge on any atom is 0.338 e. The van der Waals surface area contributed by atoms with E-state index >= 15 is 0 Å². The van der Waals surface area contributed by atoms with E-state index in [0.717, 1.165) is 49.5 Å². The number of benzene rings is 2. The fourth-order valence-corrected chi connectivity index (χ4v) is 4.84. The number of carbonyl (C=O) groups is 3. The Kier molecular flexibility index (Phi) is 7.20. The van der Waals surface area contributed by atoms with E-state index in [1.165, 1.54) is 4.90 Å². The quantitative estimate of drug-likeness (QED) is 0.315. The number of piperazine rings is 1. The van der Waals surface area contributed by atoms with Gasteiger partial charge in [-0.15, -0.1) is 0 Å². The van der Waals surface area contributed by atoms with Gasteiger partial charge in [0.25, 0.3) is 5.91 Å². The Morgan fingerprint density at radius 3 is 2.50 bits per heavy atom. The molecule has 0 N–H and O–H groups in total. The Morgan fingerprint density at radius 1 is 1.00 bits per heavy atom. The molecule has 0 aliphatic carbocycles. The highest BCUT2D eigenvalue weighted by Gasteiger charge is 2.43. The van der Waals surface area contributed by atoms with Crippen molar-refractivity contribution in [3.63, 3.8) is 0 Å². The molecule has 2 aromatic carbocycles. The minimum atomic E-state index is -0.455. The minimum Gasteiger partial charge on any atom is -0.462 e. The van der Waals surface area contributed by atoms with Crippen molar-refractivity contribution in [1.82, 2.24) is 9.80 Å². The Labute approximate surface area is 210 Å². The zero-order chi connectivity index (χ0) is 25.1. The highest BCUT2D eigenvalue weighted by atomic mass is 16.7. The fourth-order valence-electron chi connectivity index (χ4n) is 4.84. The first-order chi connectivity index (χ1) is 17.5. The molecule has 36 heavy (non-hydrogen) atoms. The van der Waals surface area contributed by atoms with Gasteiger partial charge in [-0.3, -0.25) is 19.4 Å². The van der Waals surface area contributed by atoms with Crippen LogP contribution in [0.5, 0.6) is 11.5 Å². The number of ether oxygens (including phenoxy) is 3. The lowest BCUT2D eigenvalue weighted by Gasteiger charge is -2.37. The smallest absolute Gasteiger partial charge is 0.338 e. The van der Waals surface area contributed by atoms with E-state index in [-0.39, 0.29) is 25.0 Å². The molecule has 190 valence electrons. The Morgan fingerprint density at radius 2 is 1.75 bits per heavy atom. The number of carbonyl (C=O) groups excluding carboxylic acids is 3. The van der Waals surface area contributed by atoms with Gasteiger partial charge in [0, 0.05) is 32.7 Å². The van der Waals surface area contributed by atoms with Crippen molar-refractivity contribution in [3.05, 3.63) is 53.6 Å². The molecule has 2 aromatic rings. The first-order valence-electron chi connectivity index (χ1n) is 12.5. The van der Waals surface area contributed by atoms with Gasteiger partial charge < -0.3 is 14.2 Å². The van der Waals surface area contributed by atoms with Crippen molar-refractivity contribution >= 4 is 23.5 Å². The predicted molar refractivity (Wildman–Crippen MR) is 132 cm³/mol. The molecule has 0 radical (unpaired) electrons. The van der Waals surface area contributed by atoms with Crippen molar-refractivity contribution in [2.75, 3.05) is 44.5 Å². The number of anilines is 1. The summed E-state index contributed by atoms with van der Waals surface area (Å²) in [5, 5.41) is 0. The SMILES string of the molecule is CCCCOC(=O)c1ccc(N2C(=O)C[C@H](N3CCN(Cc4ccc5c(c4)OCO5)CC3)C2=O)cc1. The van der Waals surface area contributed by atoms with Gasteiger partial charge in [-0.2, -0.15) is 0 Å². The molecule has 3 aliphatic heterocycles. The van der Waals surface area contributed by atoms with E-state index in [9.17, 15) is 14.4 Å². The number of nitrogens with zero attached hydrogens (tertiary/aromatic N) is 3. The standard InChI is InChI=1S/C27H31N3O6/c1-2-3-14-34-27(33)20-5-7-21(8-6-20)30-25(31)16-22(26(30)32)29-12-10-28(11-13-29)17-19-4-9-23-24(15-19)36-18-35-23/h4-9,15,22H,2-3,10-14,16-18H2,1H3/t22-/m0/s1. The third-order valence-electron chi connectivity index (χ3n) is 6.91. The van der Waals surface area contributed by atoms with Gasteiger partial charge in [-0.1, -0.05) is 19.4 Å². The van der Waals surface area contributed by atoms with Gasteiger partial charge in [0.15, 0.2) is 11.5 Å². The molecule has 2 amide bonds. The van der Waals surface area contributed by atoms with E-state index in [4.69, 9.17) is 14.2 Å². The molecule has 9 nitrogen and oxygen atoms in total. The summed E-state index contributed by atoms with van der Waals surface area (Å²) in [7, 11) is 0. The predicted octanol–water partition coefficient (Wildman–Crippen LogP) is 2.82. The van der Waals surface area contributed by atoms with Crippen LogP contribution in [0.25, 0.3) is 0 Å². The Balaban J connectivity index is 1.16. The summed E-state index contributed by atoms with van der Waals surface area (Å²) < 4.78 is 16.1. The number of imide groups is 1. The van der Waals surface area contributed by atoms with E-state index in [1.54, 1.807) is 24.3 Å². The molecule has 0 spiro atoms. The molecule has 1 atom stereocenters. The molecule has 3 heterocycles. The fraction of sp³-hybridized carbons (Fsp3) is 0.444. The summed E-state index contributed by atoms with van der Waals surface area (Å²) >= 11 is 0. The van der Waals surface area contributed by atoms with Crippen LogP contribution in [-0.2, 0) is 20.9 Å². The number of unbranched alkanes of at least 4 members (excludes halogenated alkanes) is 1. The van der Waals surface area contributed by atoms with Gasteiger partial charge >= 0.3 is 5.97 Å². The van der Waals surface area contributed by atoms with Crippen LogP contribution in [-0.4, -0.2) is 73.2 Å². The highest BCUT2D eigenvalue weighted by molar-refractivity contribution is 6.22. The summed E-state index contributed by atoms with van der Waals surface area (Å²) in [6.07, 6.45) is 1.93. The van der Waals surface area contributed by atoms with Gasteiger partial charge in [-0.05, 0) is 48.4 Å². The normalized spacial score (nSPS) is 20.2. The van der Waals surface area contributed by atoms with E-state index in [2.05, 4.69) is 9.80 Å². The van der Waals surface area contributed by atoms with Gasteiger partial charge in [0.1, 0.15) is 0 Å². The first-order valence-corrected chi connectivity index (χ1v) is 12.5. The molecule has 0 aromatic heterocycles. The lowest BCUT2D eigenvalue weighted by molar-refractivity contribution is -0.123. The lowest BCUT2D eigenvalue weighted by Crippen LogP contribution is -2.52. The molecule has 2 fully saturated rings. The van der Waals surface area contributed by atoms with Crippen molar-refractivity contribution in [1.29, 1.82) is 0 Å². The summed E-state index contributed by atoms with van der Waals surface area (Å²) in [5.74, 6) is 0.737. The summed E-state index contributed by atoms with van der Waals surface area (Å²) in [6.45, 7) is 6.50. The monoisotopic (exact) mass is 493 g/mol. The van der Waals surface area contributed by atoms with Crippen LogP contribution in [0.15, 0.2) is 42.5 Å². The number of esters is 1.